The molecule has 0 aromatic heterocycles. The van der Waals surface area contributed by atoms with E-state index in [4.69, 9.17) is 45.8 Å². The first-order chi connectivity index (χ1) is 13.8. The molecule has 0 aliphatic rings. The fraction of sp³-hybridized carbons (Fsp3) is 0.889. The Bertz CT molecular complexity index is 526. The highest BCUT2D eigenvalue weighted by Gasteiger charge is 2.42. The number of phosphoric acid groups is 1. The van der Waals surface area contributed by atoms with Crippen LogP contribution in [0.4, 0.5) is 0 Å². The van der Waals surface area contributed by atoms with Crippen molar-refractivity contribution in [3.63, 3.8) is 0 Å². The van der Waals surface area contributed by atoms with Crippen molar-refractivity contribution in [1.82, 2.24) is 0 Å². The molecule has 0 aromatic rings. The predicted octanol–water partition coefficient (Wildman–Crippen LogP) is 8.18. The summed E-state index contributed by atoms with van der Waals surface area (Å²) in [7, 11) is -8.18. The summed E-state index contributed by atoms with van der Waals surface area (Å²) >= 11 is 11.9. The van der Waals surface area contributed by atoms with Gasteiger partial charge in [0.2, 0.25) is 5.50 Å². The van der Waals surface area contributed by atoms with Gasteiger partial charge in [0, 0.05) is 0 Å². The Hall–Kier alpha value is 0.420. The largest absolute Gasteiger partial charge is 0.530 e. The van der Waals surface area contributed by atoms with Crippen molar-refractivity contribution in [2.24, 2.45) is 0 Å². The fourth-order valence-electron chi connectivity index (χ4n) is 1.84. The summed E-state index contributed by atoms with van der Waals surface area (Å²) < 4.78 is 53.2. The molecule has 0 aromatic carbocycles. The number of hydrogen-bond donors (Lipinski definition) is 0. The Labute approximate surface area is 185 Å². The second-order valence-electron chi connectivity index (χ2n) is 6.35. The van der Waals surface area contributed by atoms with Crippen molar-refractivity contribution in [2.75, 3.05) is 26.4 Å². The molecule has 7 nitrogen and oxygen atoms in total. The molecule has 174 valence electrons. The smallest absolute Gasteiger partial charge is 0.393 e. The van der Waals surface area contributed by atoms with Gasteiger partial charge >= 0.3 is 15.4 Å². The Morgan fingerprint density at radius 2 is 1.00 bits per heavy atom. The van der Waals surface area contributed by atoms with Gasteiger partial charge in [0.25, 0.3) is 0 Å². The second kappa shape index (κ2) is 17.0. The van der Waals surface area contributed by atoms with Crippen molar-refractivity contribution in [1.29, 1.82) is 0 Å². The van der Waals surface area contributed by atoms with Crippen LogP contribution in [0.1, 0.15) is 79.1 Å². The maximum absolute atomic E-state index is 13.4. The molecule has 0 unspecified atom stereocenters. The van der Waals surface area contributed by atoms with E-state index in [0.29, 0.717) is 25.7 Å². The molecule has 0 radical (unpaired) electrons. The maximum Gasteiger partial charge on any atom is 0.530 e. The van der Waals surface area contributed by atoms with Crippen LogP contribution in [0.3, 0.4) is 0 Å². The Balaban J connectivity index is 5.62. The van der Waals surface area contributed by atoms with Crippen LogP contribution >= 0.6 is 38.6 Å². The van der Waals surface area contributed by atoms with E-state index >= 15 is 0 Å². The number of hydrogen-bond acceptors (Lipinski definition) is 7. The third-order valence-electron chi connectivity index (χ3n) is 3.62. The lowest BCUT2D eigenvalue weighted by molar-refractivity contribution is 0.128. The van der Waals surface area contributed by atoms with Crippen molar-refractivity contribution in [2.45, 2.75) is 79.1 Å². The zero-order valence-electron chi connectivity index (χ0n) is 18.0. The lowest BCUT2D eigenvalue weighted by Crippen LogP contribution is -2.08. The van der Waals surface area contributed by atoms with Gasteiger partial charge < -0.3 is 13.6 Å². The van der Waals surface area contributed by atoms with E-state index in [0.717, 1.165) is 25.7 Å². The van der Waals surface area contributed by atoms with Crippen LogP contribution in [-0.2, 0) is 31.7 Å². The summed E-state index contributed by atoms with van der Waals surface area (Å²) in [5.74, 6) is 0. The highest BCUT2D eigenvalue weighted by Crippen LogP contribution is 2.65. The van der Waals surface area contributed by atoms with Gasteiger partial charge in [-0.3, -0.25) is 13.6 Å². The molecule has 0 bridgehead atoms. The van der Waals surface area contributed by atoms with Crippen molar-refractivity contribution >= 4 is 38.6 Å². The lowest BCUT2D eigenvalue weighted by Gasteiger charge is -2.25. The summed E-state index contributed by atoms with van der Waals surface area (Å²) in [4.78, 5) is 0. The molecule has 0 spiro atoms. The predicted molar refractivity (Wildman–Crippen MR) is 118 cm³/mol. The zero-order chi connectivity index (χ0) is 22.2. The maximum atomic E-state index is 13.4. The molecule has 0 amide bonds. The number of rotatable bonds is 19. The minimum absolute atomic E-state index is 0.144. The molecule has 0 atom stereocenters. The van der Waals surface area contributed by atoms with Crippen LogP contribution in [0.5, 0.6) is 0 Å². The fourth-order valence-corrected chi connectivity index (χ4v) is 5.79. The quantitative estimate of drug-likeness (QED) is 0.101. The van der Waals surface area contributed by atoms with Crippen LogP contribution in [0.2, 0.25) is 0 Å². The second-order valence-corrected chi connectivity index (χ2v) is 10.8. The van der Waals surface area contributed by atoms with Crippen LogP contribution in [0.15, 0.2) is 9.99 Å². The molecular formula is C18H36Cl2O7P2. The van der Waals surface area contributed by atoms with E-state index in [9.17, 15) is 9.13 Å². The summed E-state index contributed by atoms with van der Waals surface area (Å²) in [6, 6.07) is 0. The molecular weight excluding hydrogens is 461 g/mol. The normalized spacial score (nSPS) is 12.2. The first-order valence-electron chi connectivity index (χ1n) is 10.3. The van der Waals surface area contributed by atoms with Gasteiger partial charge in [-0.15, -0.1) is 0 Å². The van der Waals surface area contributed by atoms with E-state index in [1.54, 1.807) is 0 Å². The van der Waals surface area contributed by atoms with Gasteiger partial charge in [0.15, 0.2) is 4.49 Å². The van der Waals surface area contributed by atoms with E-state index in [-0.39, 0.29) is 26.4 Å². The van der Waals surface area contributed by atoms with Crippen molar-refractivity contribution < 1.29 is 31.7 Å². The van der Waals surface area contributed by atoms with E-state index in [2.05, 4.69) is 0 Å². The topological polar surface area (TPSA) is 80.3 Å². The first kappa shape index (κ1) is 29.4. The summed E-state index contributed by atoms with van der Waals surface area (Å²) in [5, 5.41) is 0. The molecule has 0 N–H and O–H groups in total. The molecule has 0 rings (SSSR count). The summed E-state index contributed by atoms with van der Waals surface area (Å²) in [6.07, 6.45) is 5.88. The average Bonchev–Trinajstić information content (AvgIpc) is 2.67. The molecule has 11 heteroatoms. The minimum Gasteiger partial charge on any atom is -0.393 e. The molecule has 0 saturated carbocycles. The van der Waals surface area contributed by atoms with Crippen LogP contribution in [-0.4, -0.2) is 26.4 Å². The monoisotopic (exact) mass is 496 g/mol. The summed E-state index contributed by atoms with van der Waals surface area (Å²) in [6.45, 7) is 8.43. The lowest BCUT2D eigenvalue weighted by atomic mass is 10.4. The zero-order valence-corrected chi connectivity index (χ0v) is 21.3. The summed E-state index contributed by atoms with van der Waals surface area (Å²) in [5.41, 5.74) is -0.538. The van der Waals surface area contributed by atoms with Crippen LogP contribution < -0.4 is 0 Å². The van der Waals surface area contributed by atoms with E-state index < -0.39 is 25.4 Å². The molecule has 0 aliphatic carbocycles. The molecule has 0 heterocycles. The minimum atomic E-state index is -4.12. The Morgan fingerprint density at radius 3 is 1.31 bits per heavy atom. The van der Waals surface area contributed by atoms with E-state index in [1.807, 2.05) is 27.7 Å². The number of phosphoric ester groups is 1. The van der Waals surface area contributed by atoms with Gasteiger partial charge in [0.05, 0.1) is 26.4 Å². The van der Waals surface area contributed by atoms with Gasteiger partial charge in [-0.2, -0.15) is 0 Å². The molecule has 29 heavy (non-hydrogen) atoms. The highest BCUT2D eigenvalue weighted by molar-refractivity contribution is 7.59. The number of halogens is 2. The average molecular weight is 497 g/mol. The Morgan fingerprint density at radius 1 is 0.655 bits per heavy atom. The van der Waals surface area contributed by atoms with Crippen molar-refractivity contribution in [3.8, 4) is 0 Å². The molecule has 0 aliphatic heterocycles. The van der Waals surface area contributed by atoms with Crippen LogP contribution in [0, 0.1) is 0 Å². The molecule has 0 fully saturated rings. The molecule has 0 saturated heterocycles. The van der Waals surface area contributed by atoms with Gasteiger partial charge in [-0.05, 0) is 25.7 Å². The highest BCUT2D eigenvalue weighted by atomic mass is 35.5. The third-order valence-corrected chi connectivity index (χ3v) is 7.63. The number of unbranched alkanes of at least 4 members (excludes halogenated alkanes) is 4. The van der Waals surface area contributed by atoms with Gasteiger partial charge in [0.1, 0.15) is 0 Å². The van der Waals surface area contributed by atoms with Crippen molar-refractivity contribution in [3.05, 3.63) is 9.99 Å². The third kappa shape index (κ3) is 12.8. The Kier molecular flexibility index (Phi) is 17.3. The van der Waals surface area contributed by atoms with Gasteiger partial charge in [-0.1, -0.05) is 76.6 Å². The first-order valence-corrected chi connectivity index (χ1v) is 14.1. The van der Waals surface area contributed by atoms with Gasteiger partial charge in [-0.25, -0.2) is 4.57 Å². The van der Waals surface area contributed by atoms with Crippen LogP contribution in [0.25, 0.3) is 0 Å². The SMILES string of the molecule is CCCCOP(=O)(OCCCC)OC(=C(Cl)Cl)P(=O)(OCCCC)OCCCC. The standard InChI is InChI=1S/C18H36Cl2O7P2/c1-5-9-13-23-28(21,24-14-10-6-2)18(17(19)20)27-29(22,25-15-11-7-3)26-16-12-8-4/h5-16H2,1-4H3. The van der Waals surface area contributed by atoms with E-state index in [1.165, 1.54) is 0 Å².